The Bertz CT molecular complexity index is 279. The van der Waals surface area contributed by atoms with Crippen molar-refractivity contribution in [3.05, 3.63) is 16.1 Å². The molecule has 0 bridgehead atoms. The van der Waals surface area contributed by atoms with E-state index in [0.717, 1.165) is 50.0 Å². The van der Waals surface area contributed by atoms with Crippen LogP contribution >= 0.6 is 11.3 Å². The van der Waals surface area contributed by atoms with Crippen molar-refractivity contribution in [2.45, 2.75) is 19.9 Å². The van der Waals surface area contributed by atoms with Gasteiger partial charge in [0.05, 0.1) is 6.61 Å². The summed E-state index contributed by atoms with van der Waals surface area (Å²) in [5.41, 5.74) is 1.10. The summed E-state index contributed by atoms with van der Waals surface area (Å²) in [6.45, 7) is 6.00. The van der Waals surface area contributed by atoms with Gasteiger partial charge in [-0.1, -0.05) is 0 Å². The number of hydrogen-bond acceptors (Lipinski definition) is 5. The average Bonchev–Trinajstić information content (AvgIpc) is 2.68. The number of aryl methyl sites for hydroxylation is 1. The Kier molecular flexibility index (Phi) is 7.33. The molecule has 0 spiro atoms. The molecule has 92 valence electrons. The van der Waals surface area contributed by atoms with Crippen LogP contribution in [-0.4, -0.2) is 38.5 Å². The molecule has 0 aliphatic rings. The predicted octanol–water partition coefficient (Wildman–Crippen LogP) is 1.59. The first-order valence-electron chi connectivity index (χ1n) is 5.51. The maximum Gasteiger partial charge on any atom is 0.107 e. The van der Waals surface area contributed by atoms with Gasteiger partial charge in [-0.2, -0.15) is 0 Å². The van der Waals surface area contributed by atoms with E-state index in [1.165, 1.54) is 0 Å². The van der Waals surface area contributed by atoms with Gasteiger partial charge in [0.2, 0.25) is 0 Å². The Hall–Kier alpha value is -0.490. The van der Waals surface area contributed by atoms with Crippen molar-refractivity contribution in [2.75, 3.05) is 33.5 Å². The lowest BCUT2D eigenvalue weighted by Crippen LogP contribution is -2.19. The third kappa shape index (κ3) is 6.17. The van der Waals surface area contributed by atoms with E-state index in [2.05, 4.69) is 15.7 Å². The minimum absolute atomic E-state index is 0.744. The number of hydrogen-bond donors (Lipinski definition) is 1. The van der Waals surface area contributed by atoms with Crippen LogP contribution in [0.4, 0.5) is 0 Å². The van der Waals surface area contributed by atoms with E-state index in [0.29, 0.717) is 0 Å². The Morgan fingerprint density at radius 1 is 1.38 bits per heavy atom. The Balaban J connectivity index is 1.88. The van der Waals surface area contributed by atoms with Crippen LogP contribution in [-0.2, 0) is 16.0 Å². The Morgan fingerprint density at radius 2 is 2.25 bits per heavy atom. The zero-order chi connectivity index (χ0) is 11.6. The van der Waals surface area contributed by atoms with Gasteiger partial charge in [-0.05, 0) is 13.3 Å². The zero-order valence-corrected chi connectivity index (χ0v) is 10.8. The maximum atomic E-state index is 5.42. The summed E-state index contributed by atoms with van der Waals surface area (Å²) in [6, 6.07) is 0. The molecule has 0 saturated heterocycles. The third-order valence-corrected chi connectivity index (χ3v) is 2.97. The van der Waals surface area contributed by atoms with Crippen molar-refractivity contribution >= 4 is 11.3 Å². The lowest BCUT2D eigenvalue weighted by atomic mass is 10.5. The van der Waals surface area contributed by atoms with E-state index in [9.17, 15) is 0 Å². The van der Waals surface area contributed by atoms with Gasteiger partial charge in [0, 0.05) is 44.5 Å². The molecule has 0 aliphatic heterocycles. The fraction of sp³-hybridized carbons (Fsp3) is 0.727. The first-order valence-corrected chi connectivity index (χ1v) is 6.39. The number of nitrogens with one attached hydrogen (secondary N) is 1. The van der Waals surface area contributed by atoms with Crippen LogP contribution in [0.25, 0.3) is 0 Å². The SMILES string of the molecule is COCCCOCCNCc1nc(C)cs1. The van der Waals surface area contributed by atoms with Crippen LogP contribution in [0, 0.1) is 6.92 Å². The van der Waals surface area contributed by atoms with Crippen LogP contribution in [0.5, 0.6) is 0 Å². The summed E-state index contributed by atoms with van der Waals surface area (Å²) in [6.07, 6.45) is 0.960. The predicted molar refractivity (Wildman–Crippen MR) is 65.9 cm³/mol. The van der Waals surface area contributed by atoms with Crippen molar-refractivity contribution in [1.82, 2.24) is 10.3 Å². The number of ether oxygens (including phenoxy) is 2. The van der Waals surface area contributed by atoms with Crippen molar-refractivity contribution in [1.29, 1.82) is 0 Å². The van der Waals surface area contributed by atoms with Gasteiger partial charge in [-0.25, -0.2) is 4.98 Å². The molecule has 0 fully saturated rings. The molecule has 0 unspecified atom stereocenters. The van der Waals surface area contributed by atoms with Crippen LogP contribution in [0.1, 0.15) is 17.1 Å². The molecular weight excluding hydrogens is 224 g/mol. The molecule has 1 aromatic rings. The van der Waals surface area contributed by atoms with E-state index >= 15 is 0 Å². The molecule has 1 rings (SSSR count). The molecule has 0 radical (unpaired) electrons. The first-order chi connectivity index (χ1) is 7.83. The van der Waals surface area contributed by atoms with Crippen molar-refractivity contribution in [3.8, 4) is 0 Å². The molecule has 1 N–H and O–H groups in total. The normalized spacial score (nSPS) is 10.9. The fourth-order valence-corrected chi connectivity index (χ4v) is 1.97. The highest BCUT2D eigenvalue weighted by Crippen LogP contribution is 2.07. The molecule has 16 heavy (non-hydrogen) atoms. The standard InChI is InChI=1S/C11H20N2O2S/c1-10-9-16-11(13-10)8-12-4-7-15-6-3-5-14-2/h9,12H,3-8H2,1-2H3. The summed E-state index contributed by atoms with van der Waals surface area (Å²) in [5.74, 6) is 0. The van der Waals surface area contributed by atoms with Crippen molar-refractivity contribution in [2.24, 2.45) is 0 Å². The highest BCUT2D eigenvalue weighted by molar-refractivity contribution is 7.09. The summed E-state index contributed by atoms with van der Waals surface area (Å²) in [7, 11) is 1.71. The topological polar surface area (TPSA) is 43.4 Å². The van der Waals surface area contributed by atoms with Gasteiger partial charge < -0.3 is 14.8 Å². The average molecular weight is 244 g/mol. The fourth-order valence-electron chi connectivity index (χ4n) is 1.23. The van der Waals surface area contributed by atoms with Crippen LogP contribution in [0.2, 0.25) is 0 Å². The van der Waals surface area contributed by atoms with Crippen molar-refractivity contribution < 1.29 is 9.47 Å². The van der Waals surface area contributed by atoms with E-state index in [4.69, 9.17) is 9.47 Å². The molecule has 0 aromatic carbocycles. The quantitative estimate of drug-likeness (QED) is 0.670. The van der Waals surface area contributed by atoms with E-state index in [1.807, 2.05) is 6.92 Å². The van der Waals surface area contributed by atoms with Crippen LogP contribution in [0.15, 0.2) is 5.38 Å². The minimum atomic E-state index is 0.744. The minimum Gasteiger partial charge on any atom is -0.385 e. The summed E-state index contributed by atoms with van der Waals surface area (Å²) in [5, 5.41) is 6.50. The summed E-state index contributed by atoms with van der Waals surface area (Å²) >= 11 is 1.69. The third-order valence-electron chi connectivity index (χ3n) is 2.00. The number of nitrogens with zero attached hydrogens (tertiary/aromatic N) is 1. The second-order valence-corrected chi connectivity index (χ2v) is 4.46. The monoisotopic (exact) mass is 244 g/mol. The highest BCUT2D eigenvalue weighted by Gasteiger charge is 1.97. The Labute approximate surface area is 101 Å². The molecule has 1 heterocycles. The summed E-state index contributed by atoms with van der Waals surface area (Å²) in [4.78, 5) is 4.37. The van der Waals surface area contributed by atoms with Gasteiger partial charge in [-0.3, -0.25) is 0 Å². The molecule has 0 saturated carbocycles. The number of thiazole rings is 1. The largest absolute Gasteiger partial charge is 0.385 e. The first kappa shape index (κ1) is 13.6. The maximum absolute atomic E-state index is 5.42. The van der Waals surface area contributed by atoms with Gasteiger partial charge in [0.1, 0.15) is 5.01 Å². The van der Waals surface area contributed by atoms with Crippen molar-refractivity contribution in [3.63, 3.8) is 0 Å². The smallest absolute Gasteiger partial charge is 0.107 e. The van der Waals surface area contributed by atoms with Gasteiger partial charge >= 0.3 is 0 Å². The molecule has 0 aliphatic carbocycles. The highest BCUT2D eigenvalue weighted by atomic mass is 32.1. The zero-order valence-electron chi connectivity index (χ0n) is 9.99. The number of methoxy groups -OCH3 is 1. The van der Waals surface area contributed by atoms with E-state index in [-0.39, 0.29) is 0 Å². The van der Waals surface area contributed by atoms with Crippen LogP contribution in [0.3, 0.4) is 0 Å². The second-order valence-electron chi connectivity index (χ2n) is 3.52. The van der Waals surface area contributed by atoms with Crippen LogP contribution < -0.4 is 5.32 Å². The molecular formula is C11H20N2O2S. The van der Waals surface area contributed by atoms with Gasteiger partial charge in [0.25, 0.3) is 0 Å². The molecule has 0 atom stereocenters. The molecule has 4 nitrogen and oxygen atoms in total. The molecule has 5 heteroatoms. The summed E-state index contributed by atoms with van der Waals surface area (Å²) < 4.78 is 10.3. The number of aromatic nitrogens is 1. The van der Waals surface area contributed by atoms with E-state index < -0.39 is 0 Å². The van der Waals surface area contributed by atoms with Gasteiger partial charge in [0.15, 0.2) is 0 Å². The lowest BCUT2D eigenvalue weighted by molar-refractivity contribution is 0.104. The number of rotatable bonds is 9. The van der Waals surface area contributed by atoms with Gasteiger partial charge in [-0.15, -0.1) is 11.3 Å². The Morgan fingerprint density at radius 3 is 2.94 bits per heavy atom. The second kappa shape index (κ2) is 8.64. The molecule has 1 aromatic heterocycles. The van der Waals surface area contributed by atoms with E-state index in [1.54, 1.807) is 18.4 Å². The molecule has 0 amide bonds. The lowest BCUT2D eigenvalue weighted by Gasteiger charge is -2.04.